The normalized spacial score (nSPS) is 10.1. The Morgan fingerprint density at radius 3 is 2.47 bits per heavy atom. The zero-order valence-corrected chi connectivity index (χ0v) is 9.82. The Balaban J connectivity index is 2.92. The van der Waals surface area contributed by atoms with Gasteiger partial charge in [0, 0.05) is 26.2 Å². The lowest BCUT2D eigenvalue weighted by Crippen LogP contribution is -2.13. The van der Waals surface area contributed by atoms with Crippen LogP contribution in [0.15, 0.2) is 6.07 Å². The Morgan fingerprint density at radius 2 is 1.88 bits per heavy atom. The molecule has 1 aromatic heterocycles. The summed E-state index contributed by atoms with van der Waals surface area (Å²) in [5.74, 6) is 1.12. The molecule has 0 saturated heterocycles. The maximum absolute atomic E-state index is 8.76. The Hall–Kier alpha value is -1.73. The second kappa shape index (κ2) is 6.77. The third-order valence-corrected chi connectivity index (χ3v) is 2.15. The predicted octanol–water partition coefficient (Wildman–Crippen LogP) is -0.486. The first-order chi connectivity index (χ1) is 8.22. The van der Waals surface area contributed by atoms with E-state index in [-0.39, 0.29) is 13.2 Å². The van der Waals surface area contributed by atoms with Gasteiger partial charge in [0.2, 0.25) is 0 Å². The molecule has 1 heterocycles. The average Bonchev–Trinajstić information content (AvgIpc) is 2.35. The highest BCUT2D eigenvalue weighted by molar-refractivity contribution is 5.80. The van der Waals surface area contributed by atoms with Crippen molar-refractivity contribution in [1.29, 1.82) is 0 Å². The van der Waals surface area contributed by atoms with Gasteiger partial charge in [-0.05, 0) is 0 Å². The number of hydrogen-bond donors (Lipinski definition) is 6. The van der Waals surface area contributed by atoms with Gasteiger partial charge in [-0.15, -0.1) is 0 Å². The van der Waals surface area contributed by atoms with Crippen LogP contribution in [-0.4, -0.2) is 48.5 Å². The molecule has 0 aromatic carbocycles. The summed E-state index contributed by atoms with van der Waals surface area (Å²) in [6, 6.07) is 1.76. The summed E-state index contributed by atoms with van der Waals surface area (Å²) in [6.07, 6.45) is 0. The summed E-state index contributed by atoms with van der Waals surface area (Å²) in [4.78, 5) is 4.25. The lowest BCUT2D eigenvalue weighted by atomic mass is 10.3. The van der Waals surface area contributed by atoms with Crippen LogP contribution in [0.3, 0.4) is 0 Å². The maximum Gasteiger partial charge on any atom is 0.153 e. The first-order valence-corrected chi connectivity index (χ1v) is 5.40. The van der Waals surface area contributed by atoms with Crippen LogP contribution < -0.4 is 21.7 Å². The molecule has 0 saturated carbocycles. The Labute approximate surface area is 100 Å². The zero-order chi connectivity index (χ0) is 12.7. The van der Waals surface area contributed by atoms with Gasteiger partial charge in [-0.2, -0.15) is 0 Å². The second-order valence-electron chi connectivity index (χ2n) is 3.37. The van der Waals surface area contributed by atoms with Crippen molar-refractivity contribution in [3.05, 3.63) is 6.07 Å². The Kier molecular flexibility index (Phi) is 5.31. The molecule has 7 heteroatoms. The van der Waals surface area contributed by atoms with Crippen LogP contribution >= 0.6 is 0 Å². The lowest BCUT2D eigenvalue weighted by molar-refractivity contribution is 0.311. The predicted molar refractivity (Wildman–Crippen MR) is 69.3 cm³/mol. The topological polar surface area (TPSA) is 115 Å². The number of hydrogen-bond acceptors (Lipinski definition) is 7. The van der Waals surface area contributed by atoms with Gasteiger partial charge in [-0.3, -0.25) is 0 Å². The molecule has 0 fully saturated rings. The minimum atomic E-state index is 0.00427. The molecule has 0 aliphatic carbocycles. The van der Waals surface area contributed by atoms with E-state index in [4.69, 9.17) is 15.9 Å². The van der Waals surface area contributed by atoms with Gasteiger partial charge < -0.3 is 31.9 Å². The number of aliphatic hydroxyl groups is 2. The summed E-state index contributed by atoms with van der Waals surface area (Å²) in [5.41, 5.74) is 7.12. The molecule has 7 nitrogen and oxygen atoms in total. The summed E-state index contributed by atoms with van der Waals surface area (Å²) in [7, 11) is 1.76. The molecule has 0 bridgehead atoms. The SMILES string of the molecule is CNc1cc(NCCO)nc(NCCO)c1N. The van der Waals surface area contributed by atoms with Crippen LogP contribution in [0.4, 0.5) is 23.0 Å². The fourth-order valence-electron chi connectivity index (χ4n) is 1.35. The van der Waals surface area contributed by atoms with Crippen molar-refractivity contribution < 1.29 is 10.2 Å². The smallest absolute Gasteiger partial charge is 0.153 e. The summed E-state index contributed by atoms with van der Waals surface area (Å²) >= 11 is 0. The van der Waals surface area contributed by atoms with Crippen molar-refractivity contribution in [2.45, 2.75) is 0 Å². The van der Waals surface area contributed by atoms with Gasteiger partial charge in [0.25, 0.3) is 0 Å². The van der Waals surface area contributed by atoms with E-state index in [2.05, 4.69) is 20.9 Å². The number of aliphatic hydroxyl groups excluding tert-OH is 2. The number of nitrogens with two attached hydrogens (primary N) is 1. The minimum absolute atomic E-state index is 0.00427. The van der Waals surface area contributed by atoms with Crippen molar-refractivity contribution in [3.63, 3.8) is 0 Å². The van der Waals surface area contributed by atoms with Crippen molar-refractivity contribution in [2.24, 2.45) is 0 Å². The fourth-order valence-corrected chi connectivity index (χ4v) is 1.35. The van der Waals surface area contributed by atoms with Crippen LogP contribution in [0.5, 0.6) is 0 Å². The Morgan fingerprint density at radius 1 is 1.24 bits per heavy atom. The molecular weight excluding hydrogens is 222 g/mol. The quantitative estimate of drug-likeness (QED) is 0.382. The van der Waals surface area contributed by atoms with Crippen LogP contribution in [0.1, 0.15) is 0 Å². The van der Waals surface area contributed by atoms with Crippen molar-refractivity contribution >= 4 is 23.0 Å². The van der Waals surface area contributed by atoms with Crippen molar-refractivity contribution in [3.8, 4) is 0 Å². The van der Waals surface area contributed by atoms with Crippen LogP contribution in [0.25, 0.3) is 0 Å². The van der Waals surface area contributed by atoms with E-state index in [1.165, 1.54) is 0 Å². The van der Waals surface area contributed by atoms with Crippen molar-refractivity contribution in [1.82, 2.24) is 4.98 Å². The number of aromatic nitrogens is 1. The monoisotopic (exact) mass is 241 g/mol. The molecule has 0 amide bonds. The molecule has 7 N–H and O–H groups in total. The first kappa shape index (κ1) is 13.3. The van der Waals surface area contributed by atoms with E-state index in [1.54, 1.807) is 13.1 Å². The standard InChI is InChI=1S/C10H19N5O2/c1-12-7-6-8(13-2-4-16)15-10(9(7)11)14-3-5-17/h6,16-17H,2-5,11H2,1H3,(H3,12,13,14,15). The molecule has 0 aliphatic rings. The van der Waals surface area contributed by atoms with E-state index in [0.29, 0.717) is 30.4 Å². The van der Waals surface area contributed by atoms with Gasteiger partial charge in [-0.25, -0.2) is 4.98 Å². The van der Waals surface area contributed by atoms with Crippen LogP contribution in [-0.2, 0) is 0 Å². The van der Waals surface area contributed by atoms with Gasteiger partial charge >= 0.3 is 0 Å². The molecule has 96 valence electrons. The lowest BCUT2D eigenvalue weighted by Gasteiger charge is -2.14. The molecule has 0 unspecified atom stereocenters. The highest BCUT2D eigenvalue weighted by Crippen LogP contribution is 2.28. The average molecular weight is 241 g/mol. The van der Waals surface area contributed by atoms with Crippen LogP contribution in [0.2, 0.25) is 0 Å². The zero-order valence-electron chi connectivity index (χ0n) is 9.82. The fraction of sp³-hybridized carbons (Fsp3) is 0.500. The van der Waals surface area contributed by atoms with Crippen LogP contribution in [0, 0.1) is 0 Å². The number of nitrogen functional groups attached to an aromatic ring is 1. The molecule has 0 aliphatic heterocycles. The largest absolute Gasteiger partial charge is 0.395 e. The maximum atomic E-state index is 8.76. The third kappa shape index (κ3) is 3.65. The summed E-state index contributed by atoms with van der Waals surface area (Å²) < 4.78 is 0. The highest BCUT2D eigenvalue weighted by Gasteiger charge is 2.08. The third-order valence-electron chi connectivity index (χ3n) is 2.15. The van der Waals surface area contributed by atoms with Gasteiger partial charge in [0.05, 0.1) is 24.6 Å². The molecule has 0 spiro atoms. The second-order valence-corrected chi connectivity index (χ2v) is 3.37. The van der Waals surface area contributed by atoms with E-state index in [1.807, 2.05) is 0 Å². The summed E-state index contributed by atoms with van der Waals surface area (Å²) in [6.45, 7) is 0.827. The molecule has 0 atom stereocenters. The van der Waals surface area contributed by atoms with E-state index in [0.717, 1.165) is 5.69 Å². The molecule has 1 aromatic rings. The van der Waals surface area contributed by atoms with Gasteiger partial charge in [-0.1, -0.05) is 0 Å². The van der Waals surface area contributed by atoms with E-state index in [9.17, 15) is 0 Å². The molecule has 0 radical (unpaired) electrons. The van der Waals surface area contributed by atoms with E-state index >= 15 is 0 Å². The number of pyridine rings is 1. The number of anilines is 4. The Bertz CT molecular complexity index is 359. The number of nitrogens with zero attached hydrogens (tertiary/aromatic N) is 1. The number of rotatable bonds is 7. The number of nitrogens with one attached hydrogen (secondary N) is 3. The molecular formula is C10H19N5O2. The molecule has 17 heavy (non-hydrogen) atoms. The van der Waals surface area contributed by atoms with Gasteiger partial charge in [0.1, 0.15) is 5.82 Å². The first-order valence-electron chi connectivity index (χ1n) is 5.40. The van der Waals surface area contributed by atoms with E-state index < -0.39 is 0 Å². The summed E-state index contributed by atoms with van der Waals surface area (Å²) in [5, 5.41) is 26.3. The van der Waals surface area contributed by atoms with Gasteiger partial charge in [0.15, 0.2) is 5.82 Å². The van der Waals surface area contributed by atoms with Crippen molar-refractivity contribution in [2.75, 3.05) is 55.0 Å². The molecule has 1 rings (SSSR count). The minimum Gasteiger partial charge on any atom is -0.395 e. The highest BCUT2D eigenvalue weighted by atomic mass is 16.3.